The van der Waals surface area contributed by atoms with Gasteiger partial charge < -0.3 is 10.2 Å². The van der Waals surface area contributed by atoms with Gasteiger partial charge in [0, 0.05) is 52.9 Å². The summed E-state index contributed by atoms with van der Waals surface area (Å²) in [6, 6.07) is 16.6. The molecule has 2 aromatic carbocycles. The molecule has 210 valence electrons. The molecule has 7 nitrogen and oxygen atoms in total. The monoisotopic (exact) mass is 582 g/mol. The molecule has 10 heteroatoms. The van der Waals surface area contributed by atoms with Gasteiger partial charge in [-0.2, -0.15) is 5.26 Å². The number of rotatable bonds is 7. The van der Waals surface area contributed by atoms with Crippen LogP contribution in [0.2, 0.25) is 10.0 Å². The Morgan fingerprint density at radius 2 is 1.70 bits per heavy atom. The predicted molar refractivity (Wildman–Crippen MR) is 157 cm³/mol. The molecule has 2 aliphatic rings. The van der Waals surface area contributed by atoms with Gasteiger partial charge in [-0.15, -0.1) is 0 Å². The third-order valence-corrected chi connectivity index (χ3v) is 8.27. The lowest BCUT2D eigenvalue weighted by Gasteiger charge is -2.43. The van der Waals surface area contributed by atoms with Gasteiger partial charge in [0.05, 0.1) is 27.2 Å². The van der Waals surface area contributed by atoms with Crippen molar-refractivity contribution in [3.63, 3.8) is 0 Å². The Morgan fingerprint density at radius 3 is 2.35 bits per heavy atom. The van der Waals surface area contributed by atoms with Crippen LogP contribution in [0.1, 0.15) is 41.3 Å². The third kappa shape index (κ3) is 6.91. The summed E-state index contributed by atoms with van der Waals surface area (Å²) < 4.78 is 13.4. The van der Waals surface area contributed by atoms with Crippen molar-refractivity contribution in [3.05, 3.63) is 92.8 Å². The van der Waals surface area contributed by atoms with Gasteiger partial charge in [-0.3, -0.25) is 14.6 Å². The maximum absolute atomic E-state index is 13.4. The van der Waals surface area contributed by atoms with Crippen LogP contribution in [-0.2, 0) is 13.1 Å². The molecule has 2 saturated heterocycles. The summed E-state index contributed by atoms with van der Waals surface area (Å²) in [5, 5.41) is 12.3. The summed E-state index contributed by atoms with van der Waals surface area (Å²) in [7, 11) is 0. The summed E-state index contributed by atoms with van der Waals surface area (Å²) in [5.41, 5.74) is 3.01. The van der Waals surface area contributed by atoms with E-state index in [0.29, 0.717) is 33.6 Å². The first kappa shape index (κ1) is 28.3. The van der Waals surface area contributed by atoms with Gasteiger partial charge in [0.2, 0.25) is 0 Å². The lowest BCUT2D eigenvalue weighted by Crippen LogP contribution is -2.53. The molecule has 1 N–H and O–H groups in total. The molecule has 0 spiro atoms. The molecule has 2 aliphatic heterocycles. The lowest BCUT2D eigenvalue weighted by molar-refractivity contribution is 0.0950. The van der Waals surface area contributed by atoms with Crippen molar-refractivity contribution >= 4 is 34.9 Å². The minimum atomic E-state index is -0.495. The van der Waals surface area contributed by atoms with E-state index in [1.807, 2.05) is 24.3 Å². The lowest BCUT2D eigenvalue weighted by atomic mass is 10.0. The fourth-order valence-corrected chi connectivity index (χ4v) is 5.89. The highest BCUT2D eigenvalue weighted by Gasteiger charge is 2.28. The number of aromatic nitrogens is 1. The minimum Gasteiger partial charge on any atom is -0.353 e. The van der Waals surface area contributed by atoms with Crippen molar-refractivity contribution in [2.24, 2.45) is 0 Å². The number of piperidine rings is 1. The Hall–Kier alpha value is -3.22. The summed E-state index contributed by atoms with van der Waals surface area (Å²) >= 11 is 12.4. The molecule has 3 aromatic rings. The van der Waals surface area contributed by atoms with Gasteiger partial charge in [-0.25, -0.2) is 9.37 Å². The van der Waals surface area contributed by atoms with E-state index >= 15 is 0 Å². The average Bonchev–Trinajstić information content (AvgIpc) is 2.98. The number of piperazine rings is 1. The summed E-state index contributed by atoms with van der Waals surface area (Å²) in [6.07, 6.45) is 3.83. The van der Waals surface area contributed by atoms with Gasteiger partial charge in [-0.05, 0) is 67.4 Å². The molecule has 2 fully saturated rings. The Morgan fingerprint density at radius 1 is 1.00 bits per heavy atom. The zero-order valence-corrected chi connectivity index (χ0v) is 23.6. The Bertz CT molecular complexity index is 1390. The second-order valence-corrected chi connectivity index (χ2v) is 11.1. The van der Waals surface area contributed by atoms with Crippen molar-refractivity contribution in [2.75, 3.05) is 44.2 Å². The van der Waals surface area contributed by atoms with Crippen LogP contribution < -0.4 is 10.2 Å². The molecular weight excluding hydrogens is 550 g/mol. The van der Waals surface area contributed by atoms with Crippen molar-refractivity contribution in [2.45, 2.75) is 32.0 Å². The summed E-state index contributed by atoms with van der Waals surface area (Å²) in [4.78, 5) is 24.4. The number of pyridine rings is 1. The van der Waals surface area contributed by atoms with E-state index in [1.165, 1.54) is 17.7 Å². The van der Waals surface area contributed by atoms with Crippen LogP contribution in [0, 0.1) is 17.1 Å². The second-order valence-electron chi connectivity index (χ2n) is 10.3. The number of nitriles is 1. The molecule has 0 atom stereocenters. The van der Waals surface area contributed by atoms with Crippen molar-refractivity contribution in [1.29, 1.82) is 5.26 Å². The smallest absolute Gasteiger partial charge is 0.253 e. The molecular formula is C30H33Cl2FN6O. The largest absolute Gasteiger partial charge is 0.353 e. The zero-order valence-electron chi connectivity index (χ0n) is 22.1. The van der Waals surface area contributed by atoms with Crippen molar-refractivity contribution in [1.82, 2.24) is 20.1 Å². The Balaban J connectivity index is 0.00000387. The minimum absolute atomic E-state index is 0. The first-order chi connectivity index (χ1) is 19.4. The molecule has 1 amide bonds. The maximum Gasteiger partial charge on any atom is 0.253 e. The molecule has 5 rings (SSSR count). The molecule has 40 heavy (non-hydrogen) atoms. The molecule has 0 unspecified atom stereocenters. The predicted octanol–water partition coefficient (Wildman–Crippen LogP) is 5.36. The van der Waals surface area contributed by atoms with Gasteiger partial charge in [0.15, 0.2) is 0 Å². The van der Waals surface area contributed by atoms with Crippen molar-refractivity contribution in [3.8, 4) is 6.07 Å². The van der Waals surface area contributed by atoms with E-state index in [2.05, 4.69) is 31.1 Å². The Kier molecular flexibility index (Phi) is 9.18. The summed E-state index contributed by atoms with van der Waals surface area (Å²) in [5.74, 6) is -0.109. The number of nitrogens with zero attached hydrogens (tertiary/aromatic N) is 5. The average molecular weight is 584 g/mol. The van der Waals surface area contributed by atoms with Gasteiger partial charge in [0.1, 0.15) is 11.6 Å². The van der Waals surface area contributed by atoms with Crippen LogP contribution in [-0.4, -0.2) is 66.0 Å². The molecule has 1 aromatic heterocycles. The Labute approximate surface area is 245 Å². The molecule has 0 bridgehead atoms. The first-order valence-electron chi connectivity index (χ1n) is 13.5. The van der Waals surface area contributed by atoms with E-state index in [-0.39, 0.29) is 18.9 Å². The van der Waals surface area contributed by atoms with Crippen LogP contribution in [0.15, 0.2) is 54.7 Å². The maximum atomic E-state index is 13.4. The SMILES string of the molecule is N#Cc1ccc(CN2CCC(N3CCN(c4ncc(C(=O)NCc5ccc(F)c(Cl)c5)cc4Cl)CC3)CC2)cc1.[HH]. The number of carbonyl (C=O) groups is 1. The first-order valence-corrected chi connectivity index (χ1v) is 14.2. The number of benzene rings is 2. The fraction of sp³-hybridized carbons (Fsp3) is 0.367. The standard InChI is InChI=1S/C30H31Cl2FN6O.H2/c31-26-15-23(5-6-28(26)33)18-36-30(40)24-16-27(32)29(35-19-24)39-13-11-38(12-14-39)25-7-9-37(10-8-25)20-22-3-1-21(17-34)2-4-22;/h1-6,15-16,19,25H,7-14,18,20H2,(H,36,40);1H. The zero-order chi connectivity index (χ0) is 28.1. The van der Waals surface area contributed by atoms with Gasteiger partial charge in [-0.1, -0.05) is 41.4 Å². The van der Waals surface area contributed by atoms with Crippen LogP contribution in [0.3, 0.4) is 0 Å². The number of amides is 1. The van der Waals surface area contributed by atoms with E-state index in [4.69, 9.17) is 28.5 Å². The number of hydrogen-bond acceptors (Lipinski definition) is 6. The van der Waals surface area contributed by atoms with Crippen LogP contribution in [0.5, 0.6) is 0 Å². The fourth-order valence-electron chi connectivity index (χ4n) is 5.41. The van der Waals surface area contributed by atoms with Crippen molar-refractivity contribution < 1.29 is 10.6 Å². The number of halogens is 3. The van der Waals surface area contributed by atoms with E-state index in [0.717, 1.165) is 58.7 Å². The van der Waals surface area contributed by atoms with Crippen LogP contribution in [0.25, 0.3) is 0 Å². The highest BCUT2D eigenvalue weighted by molar-refractivity contribution is 6.33. The molecule has 0 radical (unpaired) electrons. The van der Waals surface area contributed by atoms with Crippen LogP contribution in [0.4, 0.5) is 10.2 Å². The van der Waals surface area contributed by atoms with E-state index in [9.17, 15) is 9.18 Å². The number of carbonyl (C=O) groups excluding carboxylic acids is 1. The summed E-state index contributed by atoms with van der Waals surface area (Å²) in [6.45, 7) is 6.82. The topological polar surface area (TPSA) is 75.5 Å². The molecule has 3 heterocycles. The molecule has 0 aliphatic carbocycles. The number of likely N-dealkylation sites (tertiary alicyclic amines) is 1. The quantitative estimate of drug-likeness (QED) is 0.404. The van der Waals surface area contributed by atoms with Crippen LogP contribution >= 0.6 is 23.2 Å². The normalized spacial score (nSPS) is 17.0. The van der Waals surface area contributed by atoms with Gasteiger partial charge >= 0.3 is 0 Å². The van der Waals surface area contributed by atoms with E-state index < -0.39 is 5.82 Å². The number of hydrogen-bond donors (Lipinski definition) is 1. The van der Waals surface area contributed by atoms with Gasteiger partial charge in [0.25, 0.3) is 5.91 Å². The number of nitrogens with one attached hydrogen (secondary N) is 1. The molecule has 0 saturated carbocycles. The third-order valence-electron chi connectivity index (χ3n) is 7.70. The second kappa shape index (κ2) is 13.0. The highest BCUT2D eigenvalue weighted by Crippen LogP contribution is 2.27. The van der Waals surface area contributed by atoms with E-state index in [1.54, 1.807) is 18.3 Å². The number of anilines is 1. The highest BCUT2D eigenvalue weighted by atomic mass is 35.5.